The summed E-state index contributed by atoms with van der Waals surface area (Å²) in [5.74, 6) is 1.47. The van der Waals surface area contributed by atoms with Crippen LogP contribution in [0.3, 0.4) is 0 Å². The Bertz CT molecular complexity index is 1600. The summed E-state index contributed by atoms with van der Waals surface area (Å²) in [5.41, 5.74) is 6.93. The maximum absolute atomic E-state index is 6.16. The molecule has 0 saturated heterocycles. The lowest BCUT2D eigenvalue weighted by atomic mass is 10.1. The number of hydrogen-bond acceptors (Lipinski definition) is 4. The summed E-state index contributed by atoms with van der Waals surface area (Å²) in [5, 5.41) is 5.52. The van der Waals surface area contributed by atoms with Gasteiger partial charge in [-0.05, 0) is 48.5 Å². The van der Waals surface area contributed by atoms with E-state index < -0.39 is 0 Å². The second kappa shape index (κ2) is 7.76. The van der Waals surface area contributed by atoms with Gasteiger partial charge in [-0.3, -0.25) is 0 Å². The number of aromatic amines is 1. The highest BCUT2D eigenvalue weighted by Crippen LogP contribution is 2.30. The Morgan fingerprint density at radius 3 is 2.42 bits per heavy atom. The number of fused-ring (bicyclic) bond motifs is 2. The molecule has 0 aliphatic heterocycles. The van der Waals surface area contributed by atoms with Gasteiger partial charge in [0.05, 0.1) is 29.5 Å². The standard InChI is InChI=1S/C26H18ClN5O/c1-33-19-10-7-17(8-11-19)24-14-23(26-29-20-12-9-18(27)13-22(20)30-26)28-25-15-21(31-32(24)25)16-5-3-2-4-6-16/h2-15H,1H3,(H,29,30). The third kappa shape index (κ3) is 3.50. The van der Waals surface area contributed by atoms with Crippen LogP contribution in [0.4, 0.5) is 0 Å². The Labute approximate surface area is 194 Å². The molecule has 0 bridgehead atoms. The Balaban J connectivity index is 1.58. The van der Waals surface area contributed by atoms with Gasteiger partial charge in [0.1, 0.15) is 11.4 Å². The van der Waals surface area contributed by atoms with Gasteiger partial charge in [-0.2, -0.15) is 5.10 Å². The van der Waals surface area contributed by atoms with E-state index in [0.717, 1.165) is 50.6 Å². The molecule has 7 heteroatoms. The zero-order valence-corrected chi connectivity index (χ0v) is 18.4. The minimum Gasteiger partial charge on any atom is -0.497 e. The van der Waals surface area contributed by atoms with Crippen LogP contribution >= 0.6 is 11.6 Å². The van der Waals surface area contributed by atoms with E-state index in [1.165, 1.54) is 0 Å². The fourth-order valence-corrected chi connectivity index (χ4v) is 4.09. The Kier molecular flexibility index (Phi) is 4.59. The molecule has 33 heavy (non-hydrogen) atoms. The first-order valence-corrected chi connectivity index (χ1v) is 10.8. The number of hydrogen-bond donors (Lipinski definition) is 1. The van der Waals surface area contributed by atoms with Gasteiger partial charge in [-0.15, -0.1) is 0 Å². The van der Waals surface area contributed by atoms with Crippen LogP contribution in [0.2, 0.25) is 5.02 Å². The Morgan fingerprint density at radius 1 is 0.818 bits per heavy atom. The minimum atomic E-state index is 0.656. The fraction of sp³-hybridized carbons (Fsp3) is 0.0385. The zero-order chi connectivity index (χ0) is 22.4. The van der Waals surface area contributed by atoms with Crippen molar-refractivity contribution in [1.82, 2.24) is 24.6 Å². The largest absolute Gasteiger partial charge is 0.497 e. The van der Waals surface area contributed by atoms with Gasteiger partial charge in [0.2, 0.25) is 0 Å². The molecule has 160 valence electrons. The number of methoxy groups -OCH3 is 1. The first-order chi connectivity index (χ1) is 16.2. The van der Waals surface area contributed by atoms with Crippen molar-refractivity contribution in [2.75, 3.05) is 7.11 Å². The van der Waals surface area contributed by atoms with Gasteiger partial charge in [-0.25, -0.2) is 14.5 Å². The lowest BCUT2D eigenvalue weighted by molar-refractivity contribution is 0.415. The van der Waals surface area contributed by atoms with E-state index in [-0.39, 0.29) is 0 Å². The SMILES string of the molecule is COc1ccc(-c2cc(-c3nc4ccc(Cl)cc4[nH]3)nc3cc(-c4ccccc4)nn23)cc1. The average Bonchev–Trinajstić information content (AvgIpc) is 3.48. The number of H-pyrrole nitrogens is 1. The Hall–Kier alpha value is -4.16. The van der Waals surface area contributed by atoms with Crippen LogP contribution in [0, 0.1) is 0 Å². The lowest BCUT2D eigenvalue weighted by Crippen LogP contribution is -1.99. The first-order valence-electron chi connectivity index (χ1n) is 10.4. The molecule has 6 nitrogen and oxygen atoms in total. The number of nitrogens with zero attached hydrogens (tertiary/aromatic N) is 4. The fourth-order valence-electron chi connectivity index (χ4n) is 3.92. The number of benzene rings is 3. The lowest BCUT2D eigenvalue weighted by Gasteiger charge is -2.08. The molecular weight excluding hydrogens is 434 g/mol. The molecule has 3 aromatic carbocycles. The quantitative estimate of drug-likeness (QED) is 0.343. The van der Waals surface area contributed by atoms with Crippen LogP contribution < -0.4 is 4.74 Å². The third-order valence-electron chi connectivity index (χ3n) is 5.57. The van der Waals surface area contributed by atoms with E-state index in [0.29, 0.717) is 10.8 Å². The van der Waals surface area contributed by atoms with Gasteiger partial charge in [0, 0.05) is 22.2 Å². The van der Waals surface area contributed by atoms with Gasteiger partial charge in [0.25, 0.3) is 0 Å². The van der Waals surface area contributed by atoms with Crippen molar-refractivity contribution in [3.8, 4) is 39.8 Å². The molecule has 3 aromatic heterocycles. The van der Waals surface area contributed by atoms with Gasteiger partial charge in [0.15, 0.2) is 11.5 Å². The predicted molar refractivity (Wildman–Crippen MR) is 131 cm³/mol. The van der Waals surface area contributed by atoms with Crippen LogP contribution in [0.5, 0.6) is 5.75 Å². The number of ether oxygens (including phenoxy) is 1. The van der Waals surface area contributed by atoms with Crippen LogP contribution in [-0.2, 0) is 0 Å². The van der Waals surface area contributed by atoms with Crippen LogP contribution in [0.15, 0.2) is 84.9 Å². The molecule has 0 unspecified atom stereocenters. The molecule has 0 aliphatic rings. The second-order valence-corrected chi connectivity index (χ2v) is 8.10. The normalized spacial score (nSPS) is 11.3. The van der Waals surface area contributed by atoms with Gasteiger partial charge < -0.3 is 9.72 Å². The Morgan fingerprint density at radius 2 is 1.64 bits per heavy atom. The summed E-state index contributed by atoms with van der Waals surface area (Å²) < 4.78 is 7.20. The van der Waals surface area contributed by atoms with E-state index in [1.54, 1.807) is 7.11 Å². The third-order valence-corrected chi connectivity index (χ3v) is 5.80. The molecule has 0 fully saturated rings. The molecule has 0 aliphatic carbocycles. The topological polar surface area (TPSA) is 68.1 Å². The zero-order valence-electron chi connectivity index (χ0n) is 17.7. The maximum Gasteiger partial charge on any atom is 0.157 e. The van der Waals surface area contributed by atoms with E-state index >= 15 is 0 Å². The number of aromatic nitrogens is 5. The maximum atomic E-state index is 6.16. The molecular formula is C26H18ClN5O. The van der Waals surface area contributed by atoms with Crippen molar-refractivity contribution < 1.29 is 4.74 Å². The smallest absolute Gasteiger partial charge is 0.157 e. The number of halogens is 1. The molecule has 0 atom stereocenters. The van der Waals surface area contributed by atoms with Gasteiger partial charge >= 0.3 is 0 Å². The molecule has 3 heterocycles. The average molecular weight is 452 g/mol. The highest BCUT2D eigenvalue weighted by Gasteiger charge is 2.16. The van der Waals surface area contributed by atoms with Crippen molar-refractivity contribution in [3.05, 3.63) is 90.0 Å². The predicted octanol–water partition coefficient (Wildman–Crippen LogP) is 6.27. The molecule has 0 spiro atoms. The van der Waals surface area contributed by atoms with E-state index in [2.05, 4.69) is 4.98 Å². The van der Waals surface area contributed by atoms with Crippen molar-refractivity contribution >= 4 is 28.3 Å². The van der Waals surface area contributed by atoms with Crippen LogP contribution in [0.1, 0.15) is 0 Å². The van der Waals surface area contributed by atoms with Crippen LogP contribution in [-0.4, -0.2) is 31.7 Å². The summed E-state index contributed by atoms with van der Waals surface area (Å²) in [6.07, 6.45) is 0. The van der Waals surface area contributed by atoms with E-state index in [4.69, 9.17) is 31.4 Å². The van der Waals surface area contributed by atoms with Crippen LogP contribution in [0.25, 0.3) is 50.7 Å². The molecule has 0 amide bonds. The van der Waals surface area contributed by atoms with Crippen molar-refractivity contribution in [3.63, 3.8) is 0 Å². The second-order valence-electron chi connectivity index (χ2n) is 7.67. The van der Waals surface area contributed by atoms with Crippen molar-refractivity contribution in [2.24, 2.45) is 0 Å². The highest BCUT2D eigenvalue weighted by molar-refractivity contribution is 6.31. The summed E-state index contributed by atoms with van der Waals surface area (Å²) in [6, 6.07) is 27.6. The van der Waals surface area contributed by atoms with Gasteiger partial charge in [-0.1, -0.05) is 41.9 Å². The molecule has 6 aromatic rings. The first kappa shape index (κ1) is 19.5. The van der Waals surface area contributed by atoms with Crippen molar-refractivity contribution in [1.29, 1.82) is 0 Å². The van der Waals surface area contributed by atoms with E-state index in [1.807, 2.05) is 89.4 Å². The number of nitrogens with one attached hydrogen (secondary N) is 1. The summed E-state index contributed by atoms with van der Waals surface area (Å²) in [6.45, 7) is 0. The van der Waals surface area contributed by atoms with E-state index in [9.17, 15) is 0 Å². The summed E-state index contributed by atoms with van der Waals surface area (Å²) >= 11 is 6.16. The minimum absolute atomic E-state index is 0.656. The molecule has 0 radical (unpaired) electrons. The van der Waals surface area contributed by atoms with Crippen molar-refractivity contribution in [2.45, 2.75) is 0 Å². The monoisotopic (exact) mass is 451 g/mol. The highest BCUT2D eigenvalue weighted by atomic mass is 35.5. The summed E-state index contributed by atoms with van der Waals surface area (Å²) in [4.78, 5) is 13.0. The molecule has 1 N–H and O–H groups in total. The number of rotatable bonds is 4. The molecule has 0 saturated carbocycles. The molecule has 6 rings (SSSR count). The number of imidazole rings is 1. The summed E-state index contributed by atoms with van der Waals surface area (Å²) in [7, 11) is 1.66.